The SMILES string of the molecule is C[C@@]1(Cc2ccc(Br)cc2)C(=O)N(c2cc(Cl)cc(Cl)c2)C(=O)N1C1CCN(CC(=O)O)CC1. The predicted octanol–water partition coefficient (Wildman–Crippen LogP) is 5.07. The second kappa shape index (κ2) is 9.85. The minimum absolute atomic E-state index is 0.0388. The van der Waals surface area contributed by atoms with E-state index in [1.54, 1.807) is 30.0 Å². The van der Waals surface area contributed by atoms with Crippen molar-refractivity contribution in [1.29, 1.82) is 0 Å². The Morgan fingerprint density at radius 1 is 1.09 bits per heavy atom. The smallest absolute Gasteiger partial charge is 0.332 e. The van der Waals surface area contributed by atoms with Crippen molar-refractivity contribution in [3.05, 3.63) is 62.5 Å². The monoisotopic (exact) mass is 567 g/mol. The predicted molar refractivity (Wildman–Crippen MR) is 135 cm³/mol. The summed E-state index contributed by atoms with van der Waals surface area (Å²) in [5, 5.41) is 9.77. The third-order valence-corrected chi connectivity index (χ3v) is 7.41. The van der Waals surface area contributed by atoms with Gasteiger partial charge in [-0.1, -0.05) is 51.3 Å². The first kappa shape index (κ1) is 25.0. The molecule has 2 fully saturated rings. The number of halogens is 3. The number of anilines is 1. The normalized spacial score (nSPS) is 22.0. The summed E-state index contributed by atoms with van der Waals surface area (Å²) < 4.78 is 0.924. The molecular weight excluding hydrogens is 545 g/mol. The first-order valence-electron chi connectivity index (χ1n) is 10.9. The van der Waals surface area contributed by atoms with E-state index >= 15 is 0 Å². The Bertz CT molecular complexity index is 1100. The third-order valence-electron chi connectivity index (χ3n) is 6.44. The molecule has 0 aromatic heterocycles. The van der Waals surface area contributed by atoms with Gasteiger partial charge in [0.05, 0.1) is 12.2 Å². The van der Waals surface area contributed by atoms with E-state index in [9.17, 15) is 14.4 Å². The van der Waals surface area contributed by atoms with Crippen LogP contribution in [0, 0.1) is 0 Å². The lowest BCUT2D eigenvalue weighted by molar-refractivity contribution is -0.138. The van der Waals surface area contributed by atoms with E-state index in [-0.39, 0.29) is 18.5 Å². The fourth-order valence-electron chi connectivity index (χ4n) is 4.89. The van der Waals surface area contributed by atoms with E-state index in [4.69, 9.17) is 28.3 Å². The number of carbonyl (C=O) groups is 3. The number of benzene rings is 2. The van der Waals surface area contributed by atoms with E-state index in [2.05, 4.69) is 15.9 Å². The van der Waals surface area contributed by atoms with Crippen LogP contribution in [0.2, 0.25) is 10.0 Å². The van der Waals surface area contributed by atoms with Crippen LogP contribution in [0.1, 0.15) is 25.3 Å². The maximum atomic E-state index is 13.9. The average Bonchev–Trinajstić information content (AvgIpc) is 2.94. The van der Waals surface area contributed by atoms with Crippen LogP contribution in [-0.4, -0.2) is 64.0 Å². The summed E-state index contributed by atoms with van der Waals surface area (Å²) in [6, 6.07) is 11.7. The van der Waals surface area contributed by atoms with Crippen molar-refractivity contribution >= 4 is 62.7 Å². The van der Waals surface area contributed by atoms with Gasteiger partial charge in [0.2, 0.25) is 0 Å². The Kier molecular flexibility index (Phi) is 7.24. The second-order valence-corrected chi connectivity index (χ2v) is 10.7. The highest BCUT2D eigenvalue weighted by atomic mass is 79.9. The minimum Gasteiger partial charge on any atom is -0.480 e. The molecule has 0 radical (unpaired) electrons. The molecule has 0 unspecified atom stereocenters. The first-order valence-corrected chi connectivity index (χ1v) is 12.5. The number of likely N-dealkylation sites (tertiary alicyclic amines) is 1. The summed E-state index contributed by atoms with van der Waals surface area (Å²) in [7, 11) is 0. The van der Waals surface area contributed by atoms with Crippen molar-refractivity contribution in [2.24, 2.45) is 0 Å². The molecule has 2 saturated heterocycles. The van der Waals surface area contributed by atoms with Gasteiger partial charge in [0, 0.05) is 40.1 Å². The van der Waals surface area contributed by atoms with Crippen molar-refractivity contribution in [3.63, 3.8) is 0 Å². The molecule has 180 valence electrons. The van der Waals surface area contributed by atoms with Crippen molar-refractivity contribution in [3.8, 4) is 0 Å². The zero-order valence-corrected chi connectivity index (χ0v) is 21.6. The number of amides is 3. The number of rotatable bonds is 6. The number of nitrogens with zero attached hydrogens (tertiary/aromatic N) is 3. The molecule has 34 heavy (non-hydrogen) atoms. The molecule has 7 nitrogen and oxygen atoms in total. The molecular formula is C24H24BrCl2N3O4. The van der Waals surface area contributed by atoms with E-state index in [0.717, 1.165) is 10.0 Å². The molecule has 2 aliphatic heterocycles. The Morgan fingerprint density at radius 2 is 1.68 bits per heavy atom. The molecule has 1 atom stereocenters. The molecule has 2 heterocycles. The van der Waals surface area contributed by atoms with Crippen LogP contribution in [0.25, 0.3) is 0 Å². The molecule has 4 rings (SSSR count). The molecule has 10 heteroatoms. The van der Waals surface area contributed by atoms with Gasteiger partial charge in [0.15, 0.2) is 0 Å². The molecule has 2 aromatic rings. The molecule has 2 aliphatic rings. The van der Waals surface area contributed by atoms with E-state index in [0.29, 0.717) is 48.1 Å². The fraction of sp³-hybridized carbons (Fsp3) is 0.375. The van der Waals surface area contributed by atoms with E-state index in [1.807, 2.05) is 29.2 Å². The molecule has 0 spiro atoms. The van der Waals surface area contributed by atoms with Crippen LogP contribution in [0.5, 0.6) is 0 Å². The van der Waals surface area contributed by atoms with Gasteiger partial charge in [-0.3, -0.25) is 14.5 Å². The van der Waals surface area contributed by atoms with Crippen LogP contribution in [-0.2, 0) is 16.0 Å². The van der Waals surface area contributed by atoms with Crippen molar-refractivity contribution < 1.29 is 19.5 Å². The summed E-state index contributed by atoms with van der Waals surface area (Å²) in [6.07, 6.45) is 1.49. The average molecular weight is 569 g/mol. The summed E-state index contributed by atoms with van der Waals surface area (Å²) in [5.74, 6) is -1.22. The highest BCUT2D eigenvalue weighted by Crippen LogP contribution is 2.40. The number of imide groups is 1. The molecule has 3 amide bonds. The number of hydrogen-bond acceptors (Lipinski definition) is 4. The van der Waals surface area contributed by atoms with Gasteiger partial charge < -0.3 is 10.0 Å². The Labute approximate surface area is 216 Å². The lowest BCUT2D eigenvalue weighted by Crippen LogP contribution is -2.56. The van der Waals surface area contributed by atoms with Crippen molar-refractivity contribution in [2.75, 3.05) is 24.5 Å². The van der Waals surface area contributed by atoms with Crippen LogP contribution < -0.4 is 4.90 Å². The highest BCUT2D eigenvalue weighted by Gasteiger charge is 2.57. The van der Waals surface area contributed by atoms with Crippen LogP contribution in [0.15, 0.2) is 46.9 Å². The lowest BCUT2D eigenvalue weighted by Gasteiger charge is -2.42. The summed E-state index contributed by atoms with van der Waals surface area (Å²) in [6.45, 7) is 2.83. The highest BCUT2D eigenvalue weighted by molar-refractivity contribution is 9.10. The van der Waals surface area contributed by atoms with Crippen LogP contribution in [0.3, 0.4) is 0 Å². The van der Waals surface area contributed by atoms with Gasteiger partial charge in [-0.25, -0.2) is 9.69 Å². The van der Waals surface area contributed by atoms with Gasteiger partial charge >= 0.3 is 12.0 Å². The van der Waals surface area contributed by atoms with E-state index < -0.39 is 17.5 Å². The van der Waals surface area contributed by atoms with Gasteiger partial charge in [0.1, 0.15) is 5.54 Å². The number of carboxylic acid groups (broad SMARTS) is 1. The molecule has 1 N–H and O–H groups in total. The van der Waals surface area contributed by atoms with Crippen molar-refractivity contribution in [1.82, 2.24) is 9.80 Å². The Hall–Kier alpha value is -2.13. The van der Waals surface area contributed by atoms with Crippen LogP contribution >= 0.6 is 39.1 Å². The lowest BCUT2D eigenvalue weighted by atomic mass is 9.88. The standard InChI is InChI=1S/C24H24BrCl2N3O4/c1-24(13-15-2-4-16(25)5-3-15)22(33)29(20-11-17(26)10-18(27)12-20)23(34)30(24)19-6-8-28(9-7-19)14-21(31)32/h2-5,10-12,19H,6-9,13-14H2,1H3,(H,31,32)/t24-/m1/s1. The molecule has 2 aromatic carbocycles. The summed E-state index contributed by atoms with van der Waals surface area (Å²) >= 11 is 15.8. The Balaban J connectivity index is 1.69. The van der Waals surface area contributed by atoms with Crippen molar-refractivity contribution in [2.45, 2.75) is 37.8 Å². The molecule has 0 saturated carbocycles. The van der Waals surface area contributed by atoms with Gasteiger partial charge in [-0.15, -0.1) is 0 Å². The van der Waals surface area contributed by atoms with E-state index in [1.165, 1.54) is 4.90 Å². The zero-order chi connectivity index (χ0) is 24.6. The number of carboxylic acids is 1. The summed E-state index contributed by atoms with van der Waals surface area (Å²) in [5.41, 5.74) is 0.130. The summed E-state index contributed by atoms with van der Waals surface area (Å²) in [4.78, 5) is 43.5. The third kappa shape index (κ3) is 4.96. The maximum absolute atomic E-state index is 13.9. The quantitative estimate of drug-likeness (QED) is 0.492. The number of urea groups is 1. The fourth-order valence-corrected chi connectivity index (χ4v) is 5.67. The number of carbonyl (C=O) groups excluding carboxylic acids is 2. The number of aliphatic carboxylic acids is 1. The zero-order valence-electron chi connectivity index (χ0n) is 18.5. The minimum atomic E-state index is -1.13. The first-order chi connectivity index (χ1) is 16.1. The Morgan fingerprint density at radius 3 is 2.24 bits per heavy atom. The molecule has 0 aliphatic carbocycles. The van der Waals surface area contributed by atoms with Gasteiger partial charge in [-0.2, -0.15) is 0 Å². The number of piperidine rings is 1. The largest absolute Gasteiger partial charge is 0.480 e. The topological polar surface area (TPSA) is 81.2 Å². The maximum Gasteiger partial charge on any atom is 0.332 e. The number of hydrogen-bond donors (Lipinski definition) is 1. The van der Waals surface area contributed by atoms with Gasteiger partial charge in [0.25, 0.3) is 5.91 Å². The van der Waals surface area contributed by atoms with Crippen LogP contribution in [0.4, 0.5) is 10.5 Å². The van der Waals surface area contributed by atoms with Gasteiger partial charge in [-0.05, 0) is 55.7 Å². The molecule has 0 bridgehead atoms. The second-order valence-electron chi connectivity index (χ2n) is 8.90.